The van der Waals surface area contributed by atoms with Crippen molar-refractivity contribution in [3.8, 4) is 0 Å². The van der Waals surface area contributed by atoms with Gasteiger partial charge in [0, 0.05) is 25.7 Å². The van der Waals surface area contributed by atoms with Gasteiger partial charge in [-0.2, -0.15) is 0 Å². The van der Waals surface area contributed by atoms with Crippen LogP contribution in [-0.2, 0) is 4.79 Å². The van der Waals surface area contributed by atoms with E-state index in [1.807, 2.05) is 0 Å². The zero-order valence-electron chi connectivity index (χ0n) is 8.75. The van der Waals surface area contributed by atoms with Gasteiger partial charge in [0.2, 0.25) is 5.91 Å². The molecule has 1 unspecified atom stereocenters. The van der Waals surface area contributed by atoms with Crippen LogP contribution in [0.5, 0.6) is 0 Å². The molecule has 0 spiro atoms. The number of rotatable bonds is 2. The smallest absolute Gasteiger partial charge is 0.237 e. The van der Waals surface area contributed by atoms with Gasteiger partial charge in [-0.3, -0.25) is 4.79 Å². The first kappa shape index (κ1) is 9.93. The molecule has 0 aliphatic carbocycles. The lowest BCUT2D eigenvalue weighted by atomic mass is 10.1. The molecule has 0 aromatic heterocycles. The van der Waals surface area contributed by atoms with Gasteiger partial charge in [0.05, 0.1) is 6.04 Å². The molecule has 0 saturated carbocycles. The molecule has 2 aliphatic rings. The van der Waals surface area contributed by atoms with E-state index in [9.17, 15) is 4.79 Å². The summed E-state index contributed by atoms with van der Waals surface area (Å²) in [6.45, 7) is 3.00. The van der Waals surface area contributed by atoms with Crippen LogP contribution >= 0.6 is 0 Å². The average Bonchev–Trinajstić information content (AvgIpc) is 2.29. The second-order valence-electron chi connectivity index (χ2n) is 4.42. The van der Waals surface area contributed by atoms with Crippen LogP contribution in [0.15, 0.2) is 0 Å². The van der Waals surface area contributed by atoms with Gasteiger partial charge in [0.15, 0.2) is 0 Å². The molecular weight excluding hydrogens is 178 g/mol. The van der Waals surface area contributed by atoms with E-state index in [-0.39, 0.29) is 11.9 Å². The van der Waals surface area contributed by atoms with Crippen LogP contribution in [-0.4, -0.2) is 49.6 Å². The van der Waals surface area contributed by atoms with Crippen LogP contribution in [0.2, 0.25) is 0 Å². The Morgan fingerprint density at radius 3 is 2.93 bits per heavy atom. The van der Waals surface area contributed by atoms with Gasteiger partial charge in [-0.1, -0.05) is 0 Å². The van der Waals surface area contributed by atoms with E-state index in [1.165, 1.54) is 0 Å². The van der Waals surface area contributed by atoms with Gasteiger partial charge in [-0.25, -0.2) is 0 Å². The number of likely N-dealkylation sites (tertiary alicyclic amines) is 1. The zero-order chi connectivity index (χ0) is 9.97. The second kappa shape index (κ2) is 4.28. The number of amides is 1. The monoisotopic (exact) mass is 197 g/mol. The van der Waals surface area contributed by atoms with Crippen molar-refractivity contribution in [2.24, 2.45) is 0 Å². The third-order valence-corrected chi connectivity index (χ3v) is 3.04. The minimum absolute atomic E-state index is 0.0520. The fourth-order valence-electron chi connectivity index (χ4n) is 2.19. The van der Waals surface area contributed by atoms with Crippen LogP contribution in [0.25, 0.3) is 0 Å². The number of nitrogens with one attached hydrogen (secondary N) is 2. The van der Waals surface area contributed by atoms with Gasteiger partial charge >= 0.3 is 0 Å². The molecule has 2 rings (SSSR count). The van der Waals surface area contributed by atoms with Crippen molar-refractivity contribution in [3.05, 3.63) is 0 Å². The second-order valence-corrected chi connectivity index (χ2v) is 4.42. The molecule has 4 heteroatoms. The van der Waals surface area contributed by atoms with E-state index in [2.05, 4.69) is 22.6 Å². The highest BCUT2D eigenvalue weighted by Crippen LogP contribution is 2.10. The summed E-state index contributed by atoms with van der Waals surface area (Å²) in [6, 6.07) is 0.574. The van der Waals surface area contributed by atoms with Crippen molar-refractivity contribution >= 4 is 5.91 Å². The summed E-state index contributed by atoms with van der Waals surface area (Å²) in [5.41, 5.74) is 0. The number of nitrogens with zero attached hydrogens (tertiary/aromatic N) is 1. The number of carbonyl (C=O) groups excluding carboxylic acids is 1. The first-order valence-corrected chi connectivity index (χ1v) is 5.48. The maximum atomic E-state index is 11.6. The van der Waals surface area contributed by atoms with Gasteiger partial charge in [0.1, 0.15) is 0 Å². The molecule has 2 N–H and O–H groups in total. The highest BCUT2D eigenvalue weighted by atomic mass is 16.2. The quantitative estimate of drug-likeness (QED) is 0.631. The van der Waals surface area contributed by atoms with Gasteiger partial charge in [-0.05, 0) is 26.3 Å². The van der Waals surface area contributed by atoms with Crippen LogP contribution in [0, 0.1) is 0 Å². The summed E-state index contributed by atoms with van der Waals surface area (Å²) in [5, 5.41) is 6.37. The molecule has 0 radical (unpaired) electrons. The molecule has 0 aromatic rings. The Morgan fingerprint density at radius 1 is 1.43 bits per heavy atom. The van der Waals surface area contributed by atoms with E-state index < -0.39 is 0 Å². The molecule has 0 aromatic carbocycles. The van der Waals surface area contributed by atoms with E-state index in [1.54, 1.807) is 0 Å². The van der Waals surface area contributed by atoms with Crippen LogP contribution in [0.4, 0.5) is 0 Å². The van der Waals surface area contributed by atoms with E-state index in [0.717, 1.165) is 38.9 Å². The van der Waals surface area contributed by atoms with Crippen LogP contribution in [0.3, 0.4) is 0 Å². The fourth-order valence-corrected chi connectivity index (χ4v) is 2.19. The molecule has 2 aliphatic heterocycles. The molecule has 0 bridgehead atoms. The minimum atomic E-state index is 0.0520. The predicted molar refractivity (Wildman–Crippen MR) is 55.1 cm³/mol. The summed E-state index contributed by atoms with van der Waals surface area (Å²) in [7, 11) is 2.10. The zero-order valence-corrected chi connectivity index (χ0v) is 8.75. The molecular formula is C10H19N3O. The minimum Gasteiger partial charge on any atom is -0.355 e. The number of hydrogen-bond donors (Lipinski definition) is 2. The molecule has 14 heavy (non-hydrogen) atoms. The molecule has 2 heterocycles. The van der Waals surface area contributed by atoms with E-state index in [4.69, 9.17) is 0 Å². The maximum Gasteiger partial charge on any atom is 0.237 e. The summed E-state index contributed by atoms with van der Waals surface area (Å²) in [4.78, 5) is 13.8. The Balaban J connectivity index is 1.80. The molecule has 2 fully saturated rings. The van der Waals surface area contributed by atoms with Crippen molar-refractivity contribution in [2.75, 3.05) is 26.7 Å². The summed E-state index contributed by atoms with van der Waals surface area (Å²) in [5.74, 6) is 0.192. The van der Waals surface area contributed by atoms with Crippen LogP contribution in [0.1, 0.15) is 19.3 Å². The lowest BCUT2D eigenvalue weighted by molar-refractivity contribution is -0.123. The normalized spacial score (nSPS) is 30.6. The van der Waals surface area contributed by atoms with Gasteiger partial charge in [0.25, 0.3) is 0 Å². The molecule has 4 nitrogen and oxygen atoms in total. The van der Waals surface area contributed by atoms with Crippen molar-refractivity contribution in [1.82, 2.24) is 15.5 Å². The summed E-state index contributed by atoms with van der Waals surface area (Å²) in [6.07, 6.45) is 3.26. The standard InChI is InChI=1S/C10H19N3O/c1-13-6-8(7-13)12-9-4-2-3-5-11-10(9)14/h8-9,12H,2-7H2,1H3,(H,11,14). The largest absolute Gasteiger partial charge is 0.355 e. The number of carbonyl (C=O) groups is 1. The highest BCUT2D eigenvalue weighted by Gasteiger charge is 2.28. The maximum absolute atomic E-state index is 11.6. The van der Waals surface area contributed by atoms with Crippen molar-refractivity contribution < 1.29 is 4.79 Å². The lowest BCUT2D eigenvalue weighted by Gasteiger charge is -2.38. The average molecular weight is 197 g/mol. The third-order valence-electron chi connectivity index (χ3n) is 3.04. The number of likely N-dealkylation sites (N-methyl/N-ethyl adjacent to an activating group) is 1. The highest BCUT2D eigenvalue weighted by molar-refractivity contribution is 5.81. The fraction of sp³-hybridized carbons (Fsp3) is 0.900. The molecule has 80 valence electrons. The predicted octanol–water partition coefficient (Wildman–Crippen LogP) is -0.441. The Kier molecular flexibility index (Phi) is 3.03. The summed E-state index contributed by atoms with van der Waals surface area (Å²) < 4.78 is 0. The van der Waals surface area contributed by atoms with Crippen molar-refractivity contribution in [1.29, 1.82) is 0 Å². The molecule has 1 amide bonds. The van der Waals surface area contributed by atoms with E-state index >= 15 is 0 Å². The lowest BCUT2D eigenvalue weighted by Crippen LogP contribution is -2.60. The SMILES string of the molecule is CN1CC(NC2CCCCNC2=O)C1. The van der Waals surface area contributed by atoms with E-state index in [0.29, 0.717) is 6.04 Å². The topological polar surface area (TPSA) is 44.4 Å². The Morgan fingerprint density at radius 2 is 2.21 bits per heavy atom. The first-order valence-electron chi connectivity index (χ1n) is 5.48. The third kappa shape index (κ3) is 2.25. The Bertz CT molecular complexity index is 213. The molecule has 2 saturated heterocycles. The van der Waals surface area contributed by atoms with Crippen molar-refractivity contribution in [2.45, 2.75) is 31.3 Å². The summed E-state index contributed by atoms with van der Waals surface area (Å²) >= 11 is 0. The Hall–Kier alpha value is -0.610. The van der Waals surface area contributed by atoms with Gasteiger partial charge in [-0.15, -0.1) is 0 Å². The van der Waals surface area contributed by atoms with Crippen molar-refractivity contribution in [3.63, 3.8) is 0 Å². The number of hydrogen-bond acceptors (Lipinski definition) is 3. The van der Waals surface area contributed by atoms with Gasteiger partial charge < -0.3 is 15.5 Å². The van der Waals surface area contributed by atoms with Crippen LogP contribution < -0.4 is 10.6 Å². The Labute approximate surface area is 85.0 Å². The molecule has 1 atom stereocenters. The first-order chi connectivity index (χ1) is 6.75.